The molecule has 0 spiro atoms. The third-order valence-electron chi connectivity index (χ3n) is 10.8. The van der Waals surface area contributed by atoms with Crippen molar-refractivity contribution >= 4 is 17.8 Å². The molecule has 0 aliphatic carbocycles. The highest BCUT2D eigenvalue weighted by molar-refractivity contribution is 5.80. The lowest BCUT2D eigenvalue weighted by Crippen LogP contribution is -2.28. The van der Waals surface area contributed by atoms with Gasteiger partial charge in [-0.1, -0.05) is 185 Å². The molecule has 2 N–H and O–H groups in total. The molecule has 0 rings (SSSR count). The van der Waals surface area contributed by atoms with Crippen molar-refractivity contribution in [1.82, 2.24) is 5.32 Å². The molecule has 326 valence electrons. The summed E-state index contributed by atoms with van der Waals surface area (Å²) in [6.45, 7) is 4.22. The normalized spacial score (nSPS) is 12.3. The standard InChI is InChI=1S/C50H91NO5/c1-3-5-7-9-11-13-15-17-18-19-20-21-22-23-24-26-28-30-32-37-41-45-50(55)56-47(43-39-35-33-36-40-44-48(52)51-46-49(53)54)42-38-34-31-29-27-25-16-14-12-10-8-6-4-2/h16,19-20,25,29,31,47H,3-15,17-18,21-24,26-28,30,32-46H2,1-2H3,(H,51,52)(H,53,54)/b20-19-,25-16-,31-29-. The first-order valence-corrected chi connectivity index (χ1v) is 24.1. The highest BCUT2D eigenvalue weighted by Gasteiger charge is 2.14. The summed E-state index contributed by atoms with van der Waals surface area (Å²) >= 11 is 0. The molecule has 0 saturated heterocycles. The van der Waals surface area contributed by atoms with Crippen molar-refractivity contribution in [3.8, 4) is 0 Å². The number of hydrogen-bond acceptors (Lipinski definition) is 4. The molecule has 0 bridgehead atoms. The molecule has 6 heteroatoms. The van der Waals surface area contributed by atoms with Gasteiger partial charge in [-0.15, -0.1) is 0 Å². The maximum atomic E-state index is 12.8. The lowest BCUT2D eigenvalue weighted by atomic mass is 10.0. The Hall–Kier alpha value is -2.37. The zero-order valence-corrected chi connectivity index (χ0v) is 37.0. The highest BCUT2D eigenvalue weighted by Crippen LogP contribution is 2.18. The van der Waals surface area contributed by atoms with E-state index in [0.29, 0.717) is 12.8 Å². The number of unbranched alkanes of at least 4 members (excludes halogenated alkanes) is 27. The molecule has 0 aromatic heterocycles. The van der Waals surface area contributed by atoms with E-state index in [1.807, 2.05) is 0 Å². The van der Waals surface area contributed by atoms with Gasteiger partial charge in [-0.2, -0.15) is 0 Å². The van der Waals surface area contributed by atoms with Gasteiger partial charge in [0.25, 0.3) is 0 Å². The number of hydrogen-bond donors (Lipinski definition) is 2. The second kappa shape index (κ2) is 45.3. The van der Waals surface area contributed by atoms with Crippen LogP contribution in [-0.2, 0) is 19.1 Å². The Morgan fingerprint density at radius 2 is 0.839 bits per heavy atom. The van der Waals surface area contributed by atoms with Crippen LogP contribution in [0, 0.1) is 0 Å². The third kappa shape index (κ3) is 44.3. The van der Waals surface area contributed by atoms with Gasteiger partial charge < -0.3 is 15.2 Å². The van der Waals surface area contributed by atoms with E-state index in [2.05, 4.69) is 55.6 Å². The largest absolute Gasteiger partial charge is 0.480 e. The molecule has 0 aliphatic rings. The number of carbonyl (C=O) groups excluding carboxylic acids is 2. The fraction of sp³-hybridized carbons (Fsp3) is 0.820. The van der Waals surface area contributed by atoms with E-state index >= 15 is 0 Å². The van der Waals surface area contributed by atoms with Gasteiger partial charge in [-0.05, 0) is 89.9 Å². The second-order valence-corrected chi connectivity index (χ2v) is 16.4. The van der Waals surface area contributed by atoms with E-state index in [0.717, 1.165) is 77.0 Å². The number of carboxylic acids is 1. The van der Waals surface area contributed by atoms with Crippen molar-refractivity contribution in [3.05, 3.63) is 36.5 Å². The van der Waals surface area contributed by atoms with Crippen molar-refractivity contribution < 1.29 is 24.2 Å². The Labute approximate surface area is 346 Å². The lowest BCUT2D eigenvalue weighted by Gasteiger charge is -2.18. The van der Waals surface area contributed by atoms with E-state index in [9.17, 15) is 14.4 Å². The highest BCUT2D eigenvalue weighted by atomic mass is 16.5. The fourth-order valence-corrected chi connectivity index (χ4v) is 7.19. The predicted molar refractivity (Wildman–Crippen MR) is 240 cm³/mol. The zero-order chi connectivity index (χ0) is 40.8. The van der Waals surface area contributed by atoms with Gasteiger partial charge >= 0.3 is 11.9 Å². The molecule has 0 aromatic rings. The molecule has 1 unspecified atom stereocenters. The minimum absolute atomic E-state index is 0.0179. The van der Waals surface area contributed by atoms with E-state index in [4.69, 9.17) is 9.84 Å². The van der Waals surface area contributed by atoms with E-state index in [1.165, 1.54) is 148 Å². The first-order valence-electron chi connectivity index (χ1n) is 24.1. The van der Waals surface area contributed by atoms with Crippen LogP contribution in [0.4, 0.5) is 0 Å². The number of ether oxygens (including phenoxy) is 1. The average Bonchev–Trinajstić information content (AvgIpc) is 3.18. The smallest absolute Gasteiger partial charge is 0.322 e. The van der Waals surface area contributed by atoms with Crippen LogP contribution in [0.5, 0.6) is 0 Å². The number of allylic oxidation sites excluding steroid dienone is 6. The van der Waals surface area contributed by atoms with Crippen LogP contribution in [0.25, 0.3) is 0 Å². The number of carboxylic acid groups (broad SMARTS) is 1. The molecular weight excluding hydrogens is 695 g/mol. The topological polar surface area (TPSA) is 92.7 Å². The number of rotatable bonds is 44. The van der Waals surface area contributed by atoms with Crippen LogP contribution in [0.2, 0.25) is 0 Å². The molecule has 0 radical (unpaired) electrons. The lowest BCUT2D eigenvalue weighted by molar-refractivity contribution is -0.150. The number of nitrogens with one attached hydrogen (secondary N) is 1. The Morgan fingerprint density at radius 1 is 0.464 bits per heavy atom. The summed E-state index contributed by atoms with van der Waals surface area (Å²) in [5, 5.41) is 11.1. The van der Waals surface area contributed by atoms with Crippen LogP contribution in [0.15, 0.2) is 36.5 Å². The minimum atomic E-state index is -1.02. The number of amides is 1. The quantitative estimate of drug-likeness (QED) is 0.0364. The number of carbonyl (C=O) groups is 3. The Morgan fingerprint density at radius 3 is 1.32 bits per heavy atom. The molecule has 6 nitrogen and oxygen atoms in total. The first-order chi connectivity index (χ1) is 27.5. The summed E-state index contributed by atoms with van der Waals surface area (Å²) in [5.74, 6) is -1.25. The van der Waals surface area contributed by atoms with Crippen LogP contribution in [0.1, 0.15) is 251 Å². The molecular formula is C50H91NO5. The van der Waals surface area contributed by atoms with Gasteiger partial charge in [0.15, 0.2) is 0 Å². The summed E-state index contributed by atoms with van der Waals surface area (Å²) in [7, 11) is 0. The van der Waals surface area contributed by atoms with Gasteiger partial charge in [0.05, 0.1) is 0 Å². The Bertz CT molecular complexity index is 957. The van der Waals surface area contributed by atoms with Crippen LogP contribution in [0.3, 0.4) is 0 Å². The van der Waals surface area contributed by atoms with E-state index < -0.39 is 5.97 Å². The molecule has 0 aliphatic heterocycles. The van der Waals surface area contributed by atoms with Gasteiger partial charge in [0.1, 0.15) is 12.6 Å². The summed E-state index contributed by atoms with van der Waals surface area (Å²) < 4.78 is 6.03. The Balaban J connectivity index is 4.12. The molecule has 1 atom stereocenters. The van der Waals surface area contributed by atoms with E-state index in [-0.39, 0.29) is 24.5 Å². The van der Waals surface area contributed by atoms with Crippen molar-refractivity contribution in [3.63, 3.8) is 0 Å². The fourth-order valence-electron chi connectivity index (χ4n) is 7.19. The summed E-state index contributed by atoms with van der Waals surface area (Å²) in [6, 6.07) is 0. The molecule has 1 amide bonds. The van der Waals surface area contributed by atoms with Crippen molar-refractivity contribution in [2.75, 3.05) is 6.54 Å². The molecule has 0 aromatic carbocycles. The van der Waals surface area contributed by atoms with Gasteiger partial charge in [0, 0.05) is 12.8 Å². The average molecular weight is 786 g/mol. The second-order valence-electron chi connectivity index (χ2n) is 16.4. The van der Waals surface area contributed by atoms with Crippen molar-refractivity contribution in [2.24, 2.45) is 0 Å². The monoisotopic (exact) mass is 786 g/mol. The SMILES string of the molecule is CCCCCCC/C=C\C/C=C\CCCC(CCCCCCCC(=O)NCC(=O)O)OC(=O)CCCCCCCCCCC/C=C\CCCCCCCCCC. The predicted octanol–water partition coefficient (Wildman–Crippen LogP) is 15.2. The Kier molecular flexibility index (Phi) is 43.4. The number of esters is 1. The molecule has 0 fully saturated rings. The number of aliphatic carboxylic acids is 1. The zero-order valence-electron chi connectivity index (χ0n) is 37.0. The minimum Gasteiger partial charge on any atom is -0.480 e. The van der Waals surface area contributed by atoms with Gasteiger partial charge in [0.2, 0.25) is 5.91 Å². The molecule has 0 saturated carbocycles. The maximum absolute atomic E-state index is 12.8. The van der Waals surface area contributed by atoms with Gasteiger partial charge in [-0.25, -0.2) is 0 Å². The van der Waals surface area contributed by atoms with Crippen LogP contribution >= 0.6 is 0 Å². The van der Waals surface area contributed by atoms with E-state index in [1.54, 1.807) is 0 Å². The van der Waals surface area contributed by atoms with Crippen LogP contribution in [-0.4, -0.2) is 35.6 Å². The van der Waals surface area contributed by atoms with Gasteiger partial charge in [-0.3, -0.25) is 14.4 Å². The summed E-state index contributed by atoms with van der Waals surface area (Å²) in [4.78, 5) is 35.1. The maximum Gasteiger partial charge on any atom is 0.322 e. The summed E-state index contributed by atoms with van der Waals surface area (Å²) in [6.07, 6.45) is 57.1. The third-order valence-corrected chi connectivity index (χ3v) is 10.8. The van der Waals surface area contributed by atoms with Crippen LogP contribution < -0.4 is 5.32 Å². The molecule has 56 heavy (non-hydrogen) atoms. The van der Waals surface area contributed by atoms with Crippen molar-refractivity contribution in [1.29, 1.82) is 0 Å². The first kappa shape index (κ1) is 53.6. The van der Waals surface area contributed by atoms with Crippen molar-refractivity contribution in [2.45, 2.75) is 258 Å². The summed E-state index contributed by atoms with van der Waals surface area (Å²) in [5.41, 5.74) is 0. The molecule has 0 heterocycles.